The van der Waals surface area contributed by atoms with E-state index in [0.29, 0.717) is 23.1 Å². The first-order chi connectivity index (χ1) is 12.4. The second-order valence-electron chi connectivity index (χ2n) is 5.63. The third-order valence-corrected chi connectivity index (χ3v) is 3.87. The van der Waals surface area contributed by atoms with E-state index in [1.807, 2.05) is 12.1 Å². The number of hydrogen-bond acceptors (Lipinski definition) is 5. The molecule has 0 atom stereocenters. The van der Waals surface area contributed by atoms with Crippen LogP contribution in [-0.2, 0) is 17.9 Å². The fraction of sp³-hybridized carbons (Fsp3) is 0.188. The molecule has 10 heteroatoms. The number of nitrogens with one attached hydrogen (secondary N) is 1. The van der Waals surface area contributed by atoms with E-state index in [9.17, 15) is 14.9 Å². The van der Waals surface area contributed by atoms with Crippen molar-refractivity contribution in [1.29, 1.82) is 0 Å². The summed E-state index contributed by atoms with van der Waals surface area (Å²) >= 11 is 5.86. The summed E-state index contributed by atoms with van der Waals surface area (Å²) < 4.78 is 2.96. The van der Waals surface area contributed by atoms with E-state index in [1.54, 1.807) is 36.0 Å². The third-order valence-electron chi connectivity index (χ3n) is 3.61. The molecule has 0 radical (unpaired) electrons. The van der Waals surface area contributed by atoms with Crippen molar-refractivity contribution >= 4 is 29.1 Å². The highest BCUT2D eigenvalue weighted by atomic mass is 35.5. The lowest BCUT2D eigenvalue weighted by atomic mass is 10.2. The van der Waals surface area contributed by atoms with Crippen molar-refractivity contribution in [3.63, 3.8) is 0 Å². The van der Waals surface area contributed by atoms with Crippen LogP contribution in [0.25, 0.3) is 0 Å². The number of anilines is 1. The molecule has 134 valence electrons. The van der Waals surface area contributed by atoms with Crippen LogP contribution < -0.4 is 5.32 Å². The van der Waals surface area contributed by atoms with Crippen LogP contribution in [0.15, 0.2) is 42.6 Å². The molecular weight excluding hydrogens is 360 g/mol. The minimum atomic E-state index is -0.597. The molecule has 0 spiro atoms. The predicted molar refractivity (Wildman–Crippen MR) is 95.0 cm³/mol. The Morgan fingerprint density at radius 3 is 2.65 bits per heavy atom. The van der Waals surface area contributed by atoms with Gasteiger partial charge in [-0.15, -0.1) is 0 Å². The first kappa shape index (κ1) is 17.6. The highest BCUT2D eigenvalue weighted by Gasteiger charge is 2.17. The van der Waals surface area contributed by atoms with Gasteiger partial charge in [0.15, 0.2) is 5.82 Å². The Labute approximate surface area is 153 Å². The topological polar surface area (TPSA) is 108 Å². The fourth-order valence-electron chi connectivity index (χ4n) is 2.35. The van der Waals surface area contributed by atoms with Gasteiger partial charge in [-0.2, -0.15) is 9.78 Å². The van der Waals surface area contributed by atoms with Crippen molar-refractivity contribution in [2.45, 2.75) is 20.0 Å². The number of amides is 1. The summed E-state index contributed by atoms with van der Waals surface area (Å²) in [6.07, 6.45) is 1.74. The molecule has 26 heavy (non-hydrogen) atoms. The number of aromatic nitrogens is 4. The Morgan fingerprint density at radius 2 is 2.00 bits per heavy atom. The van der Waals surface area contributed by atoms with Crippen molar-refractivity contribution in [1.82, 2.24) is 19.6 Å². The lowest BCUT2D eigenvalue weighted by molar-refractivity contribution is -0.389. The molecule has 0 aliphatic carbocycles. The summed E-state index contributed by atoms with van der Waals surface area (Å²) in [7, 11) is 0. The van der Waals surface area contributed by atoms with E-state index < -0.39 is 4.92 Å². The number of halogens is 1. The lowest BCUT2D eigenvalue weighted by Crippen LogP contribution is -2.20. The maximum absolute atomic E-state index is 12.1. The van der Waals surface area contributed by atoms with Gasteiger partial charge in [0, 0.05) is 17.3 Å². The van der Waals surface area contributed by atoms with Gasteiger partial charge in [0.1, 0.15) is 6.54 Å². The average molecular weight is 375 g/mol. The van der Waals surface area contributed by atoms with Crippen molar-refractivity contribution in [2.75, 3.05) is 5.32 Å². The molecule has 0 saturated carbocycles. The van der Waals surface area contributed by atoms with Crippen LogP contribution in [0.2, 0.25) is 5.02 Å². The van der Waals surface area contributed by atoms with Crippen molar-refractivity contribution in [3.05, 3.63) is 69.0 Å². The fourth-order valence-corrected chi connectivity index (χ4v) is 2.48. The zero-order valence-electron chi connectivity index (χ0n) is 13.8. The predicted octanol–water partition coefficient (Wildman–Crippen LogP) is 2.64. The van der Waals surface area contributed by atoms with Crippen LogP contribution in [0.1, 0.15) is 11.3 Å². The molecule has 2 aromatic heterocycles. The largest absolute Gasteiger partial charge is 0.390 e. The minimum Gasteiger partial charge on any atom is -0.358 e. The zero-order chi connectivity index (χ0) is 18.7. The van der Waals surface area contributed by atoms with Crippen LogP contribution in [0.3, 0.4) is 0 Å². The molecule has 0 aliphatic heterocycles. The number of rotatable bonds is 6. The first-order valence-electron chi connectivity index (χ1n) is 7.67. The van der Waals surface area contributed by atoms with E-state index in [2.05, 4.69) is 15.5 Å². The van der Waals surface area contributed by atoms with Crippen molar-refractivity contribution < 1.29 is 9.72 Å². The molecule has 1 aromatic carbocycles. The molecule has 0 saturated heterocycles. The average Bonchev–Trinajstić information content (AvgIpc) is 3.17. The van der Waals surface area contributed by atoms with E-state index in [1.165, 1.54) is 10.7 Å². The second kappa shape index (κ2) is 7.36. The highest BCUT2D eigenvalue weighted by Crippen LogP contribution is 2.13. The van der Waals surface area contributed by atoms with E-state index >= 15 is 0 Å². The highest BCUT2D eigenvalue weighted by molar-refractivity contribution is 6.30. The van der Waals surface area contributed by atoms with Crippen LogP contribution in [0, 0.1) is 17.0 Å². The normalized spacial score (nSPS) is 10.7. The van der Waals surface area contributed by atoms with Gasteiger partial charge in [0.05, 0.1) is 23.4 Å². The Kier molecular flexibility index (Phi) is 4.99. The number of aryl methyl sites for hydroxylation is 1. The van der Waals surface area contributed by atoms with E-state index in [0.717, 1.165) is 5.56 Å². The quantitative estimate of drug-likeness (QED) is 0.527. The van der Waals surface area contributed by atoms with Gasteiger partial charge < -0.3 is 15.4 Å². The number of nitrogens with zero attached hydrogens (tertiary/aromatic N) is 5. The molecule has 0 aliphatic rings. The van der Waals surface area contributed by atoms with Crippen LogP contribution in [0.5, 0.6) is 0 Å². The van der Waals surface area contributed by atoms with Gasteiger partial charge in [-0.1, -0.05) is 23.7 Å². The summed E-state index contributed by atoms with van der Waals surface area (Å²) in [5, 5.41) is 22.1. The number of nitro groups is 1. The first-order valence-corrected chi connectivity index (χ1v) is 8.05. The van der Waals surface area contributed by atoms with E-state index in [4.69, 9.17) is 11.6 Å². The Balaban J connectivity index is 1.60. The summed E-state index contributed by atoms with van der Waals surface area (Å²) in [4.78, 5) is 22.2. The molecule has 0 unspecified atom stereocenters. The molecule has 2 heterocycles. The maximum Gasteiger partial charge on any atom is 0.390 e. The molecule has 0 bridgehead atoms. The van der Waals surface area contributed by atoms with Crippen LogP contribution in [0.4, 0.5) is 11.6 Å². The number of benzene rings is 1. The van der Waals surface area contributed by atoms with Gasteiger partial charge in [0.25, 0.3) is 0 Å². The third kappa shape index (κ3) is 4.25. The minimum absolute atomic E-state index is 0.135. The van der Waals surface area contributed by atoms with Gasteiger partial charge in [0.2, 0.25) is 5.91 Å². The van der Waals surface area contributed by atoms with Crippen molar-refractivity contribution in [2.24, 2.45) is 0 Å². The summed E-state index contributed by atoms with van der Waals surface area (Å²) in [6.45, 7) is 2.05. The smallest absolute Gasteiger partial charge is 0.358 e. The van der Waals surface area contributed by atoms with Crippen LogP contribution >= 0.6 is 11.6 Å². The van der Waals surface area contributed by atoms with E-state index in [-0.39, 0.29) is 18.3 Å². The Hall–Kier alpha value is -3.20. The Morgan fingerprint density at radius 1 is 1.27 bits per heavy atom. The monoisotopic (exact) mass is 374 g/mol. The SMILES string of the molecule is Cc1cc([N+](=O)[O-])nn1CC(=O)Nc1ccn(Cc2ccc(Cl)cc2)n1. The molecule has 3 aromatic rings. The number of hydrogen-bond donors (Lipinski definition) is 1. The zero-order valence-corrected chi connectivity index (χ0v) is 14.6. The summed E-state index contributed by atoms with van der Waals surface area (Å²) in [6, 6.07) is 10.4. The molecule has 3 rings (SSSR count). The van der Waals surface area contributed by atoms with Crippen molar-refractivity contribution in [3.8, 4) is 0 Å². The van der Waals surface area contributed by atoms with Gasteiger partial charge >= 0.3 is 5.82 Å². The standard InChI is InChI=1S/C16H15ClN6O3/c1-11-8-15(23(25)26)20-22(11)10-16(24)18-14-6-7-21(19-14)9-12-2-4-13(17)5-3-12/h2-8H,9-10H2,1H3,(H,18,19,24). The second-order valence-corrected chi connectivity index (χ2v) is 6.07. The lowest BCUT2D eigenvalue weighted by Gasteiger charge is -2.03. The molecule has 0 fully saturated rings. The molecule has 1 N–H and O–H groups in total. The maximum atomic E-state index is 12.1. The summed E-state index contributed by atoms with van der Waals surface area (Å²) in [5.74, 6) is -0.270. The molecule has 1 amide bonds. The number of carbonyl (C=O) groups is 1. The summed E-state index contributed by atoms with van der Waals surface area (Å²) in [5.41, 5.74) is 1.55. The van der Waals surface area contributed by atoms with Gasteiger partial charge in [-0.25, -0.2) is 0 Å². The molecule has 9 nitrogen and oxygen atoms in total. The Bertz CT molecular complexity index is 947. The van der Waals surface area contributed by atoms with Gasteiger partial charge in [-0.3, -0.25) is 9.48 Å². The van der Waals surface area contributed by atoms with Crippen LogP contribution in [-0.4, -0.2) is 30.4 Å². The molecular formula is C16H15ClN6O3. The number of carbonyl (C=O) groups excluding carboxylic acids is 1. The van der Waals surface area contributed by atoms with Gasteiger partial charge in [-0.05, 0) is 29.5 Å².